The number of rotatable bonds is 8. The number of hydrogen-bond acceptors (Lipinski definition) is 6. The molecular formula is C26H28Cl2N4O3S. The number of likely N-dealkylation sites (tertiary alicyclic amines) is 1. The van der Waals surface area contributed by atoms with Gasteiger partial charge in [-0.3, -0.25) is 9.36 Å². The number of piperidine rings is 1. The van der Waals surface area contributed by atoms with E-state index in [9.17, 15) is 4.79 Å². The number of benzene rings is 2. The van der Waals surface area contributed by atoms with Crippen LogP contribution in [0, 0.1) is 0 Å². The van der Waals surface area contributed by atoms with E-state index in [0.29, 0.717) is 42.8 Å². The average Bonchev–Trinajstić information content (AvgIpc) is 3.54. The topological polar surface area (TPSA) is 69.5 Å². The molecule has 1 spiro atoms. The third-order valence-electron chi connectivity index (χ3n) is 6.53. The molecule has 7 nitrogen and oxygen atoms in total. The summed E-state index contributed by atoms with van der Waals surface area (Å²) in [6, 6.07) is 15.5. The summed E-state index contributed by atoms with van der Waals surface area (Å²) in [6.07, 6.45) is 3.78. The molecule has 0 bridgehead atoms. The van der Waals surface area contributed by atoms with Crippen LogP contribution >= 0.6 is 35.0 Å². The Morgan fingerprint density at radius 1 is 0.972 bits per heavy atom. The fourth-order valence-corrected chi connectivity index (χ4v) is 5.82. The van der Waals surface area contributed by atoms with E-state index >= 15 is 0 Å². The summed E-state index contributed by atoms with van der Waals surface area (Å²) < 4.78 is 13.5. The van der Waals surface area contributed by atoms with E-state index in [0.717, 1.165) is 53.7 Å². The molecule has 0 saturated carbocycles. The molecular weight excluding hydrogens is 519 g/mol. The number of ether oxygens (including phenoxy) is 2. The Kier molecular flexibility index (Phi) is 8.18. The number of carbonyl (C=O) groups is 1. The summed E-state index contributed by atoms with van der Waals surface area (Å²) >= 11 is 14.1. The van der Waals surface area contributed by atoms with Gasteiger partial charge in [0.15, 0.2) is 16.8 Å². The quantitative estimate of drug-likeness (QED) is 0.260. The number of unbranched alkanes of at least 4 members (excludes halogenated alkanes) is 1. The van der Waals surface area contributed by atoms with Gasteiger partial charge in [-0.05, 0) is 31.0 Å². The lowest BCUT2D eigenvalue weighted by Crippen LogP contribution is -2.47. The van der Waals surface area contributed by atoms with Crippen LogP contribution in [0.15, 0.2) is 53.7 Å². The summed E-state index contributed by atoms with van der Waals surface area (Å²) in [5.74, 6) is 1.32. The number of aromatic nitrogens is 3. The monoisotopic (exact) mass is 546 g/mol. The number of nitrogens with zero attached hydrogens (tertiary/aromatic N) is 4. The van der Waals surface area contributed by atoms with Gasteiger partial charge in [-0.1, -0.05) is 65.3 Å². The highest BCUT2D eigenvalue weighted by Gasteiger charge is 2.40. The first-order chi connectivity index (χ1) is 17.5. The average molecular weight is 548 g/mol. The minimum absolute atomic E-state index is 0.207. The maximum Gasteiger partial charge on any atom is 0.222 e. The van der Waals surface area contributed by atoms with Crippen molar-refractivity contribution in [2.45, 2.75) is 43.0 Å². The molecule has 2 aromatic carbocycles. The second-order valence-corrected chi connectivity index (χ2v) is 10.8. The summed E-state index contributed by atoms with van der Waals surface area (Å²) in [5.41, 5.74) is 1.81. The first-order valence-electron chi connectivity index (χ1n) is 12.2. The molecule has 3 aromatic rings. The van der Waals surface area contributed by atoms with Gasteiger partial charge in [-0.25, -0.2) is 0 Å². The lowest BCUT2D eigenvalue weighted by molar-refractivity contribution is -0.187. The maximum absolute atomic E-state index is 12.7. The maximum atomic E-state index is 12.7. The molecule has 0 unspecified atom stereocenters. The van der Waals surface area contributed by atoms with Gasteiger partial charge < -0.3 is 14.4 Å². The first-order valence-corrected chi connectivity index (χ1v) is 13.9. The Labute approximate surface area is 225 Å². The number of amides is 1. The molecule has 2 aliphatic rings. The summed E-state index contributed by atoms with van der Waals surface area (Å²) in [4.78, 5) is 14.6. The molecule has 3 heterocycles. The van der Waals surface area contributed by atoms with Crippen molar-refractivity contribution in [1.29, 1.82) is 0 Å². The van der Waals surface area contributed by atoms with Crippen LogP contribution in [0.1, 0.15) is 32.1 Å². The minimum atomic E-state index is -0.448. The van der Waals surface area contributed by atoms with Crippen molar-refractivity contribution in [3.63, 3.8) is 0 Å². The highest BCUT2D eigenvalue weighted by molar-refractivity contribution is 7.99. The SMILES string of the molecule is O=C(CCCCSc1nnc(-c2ccccc2)n1-c1ccc(Cl)c(Cl)c1)N1CCC2(CC1)OCCO2. The van der Waals surface area contributed by atoms with E-state index in [1.54, 1.807) is 17.8 Å². The fraction of sp³-hybridized carbons (Fsp3) is 0.423. The molecule has 2 aliphatic heterocycles. The van der Waals surface area contributed by atoms with Crippen molar-refractivity contribution in [3.05, 3.63) is 58.6 Å². The van der Waals surface area contributed by atoms with Crippen molar-refractivity contribution in [3.8, 4) is 17.1 Å². The van der Waals surface area contributed by atoms with Crippen LogP contribution in [0.4, 0.5) is 0 Å². The normalized spacial score (nSPS) is 17.1. The van der Waals surface area contributed by atoms with Gasteiger partial charge in [0.1, 0.15) is 0 Å². The third kappa shape index (κ3) is 5.73. The van der Waals surface area contributed by atoms with Crippen LogP contribution < -0.4 is 0 Å². The predicted octanol–water partition coefficient (Wildman–Crippen LogP) is 5.87. The number of carbonyl (C=O) groups excluding carboxylic acids is 1. The Balaban J connectivity index is 1.18. The summed E-state index contributed by atoms with van der Waals surface area (Å²) in [6.45, 7) is 2.69. The second kappa shape index (κ2) is 11.5. The van der Waals surface area contributed by atoms with Crippen LogP contribution in [-0.2, 0) is 14.3 Å². The number of hydrogen-bond donors (Lipinski definition) is 0. The van der Waals surface area contributed by atoms with E-state index < -0.39 is 5.79 Å². The molecule has 5 rings (SSSR count). The summed E-state index contributed by atoms with van der Waals surface area (Å²) in [5, 5.41) is 10.7. The Bertz CT molecular complexity index is 1190. The Hall–Kier alpha value is -2.10. The molecule has 1 amide bonds. The van der Waals surface area contributed by atoms with Gasteiger partial charge in [0, 0.05) is 43.7 Å². The van der Waals surface area contributed by atoms with Crippen LogP contribution in [0.3, 0.4) is 0 Å². The van der Waals surface area contributed by atoms with Crippen LogP contribution in [0.2, 0.25) is 10.0 Å². The highest BCUT2D eigenvalue weighted by atomic mass is 35.5. The zero-order valence-corrected chi connectivity index (χ0v) is 22.2. The fourth-order valence-electron chi connectivity index (χ4n) is 4.58. The Morgan fingerprint density at radius 3 is 2.44 bits per heavy atom. The molecule has 0 aliphatic carbocycles. The molecule has 36 heavy (non-hydrogen) atoms. The van der Waals surface area contributed by atoms with Gasteiger partial charge in [0.05, 0.1) is 28.9 Å². The molecule has 0 atom stereocenters. The van der Waals surface area contributed by atoms with E-state index in [-0.39, 0.29) is 5.91 Å². The van der Waals surface area contributed by atoms with Crippen LogP contribution in [0.25, 0.3) is 17.1 Å². The lowest BCUT2D eigenvalue weighted by atomic mass is 10.0. The molecule has 190 valence electrons. The molecule has 2 fully saturated rings. The molecule has 2 saturated heterocycles. The largest absolute Gasteiger partial charge is 0.347 e. The van der Waals surface area contributed by atoms with E-state index in [1.807, 2.05) is 51.9 Å². The lowest BCUT2D eigenvalue weighted by Gasteiger charge is -2.37. The van der Waals surface area contributed by atoms with Crippen molar-refractivity contribution in [2.24, 2.45) is 0 Å². The van der Waals surface area contributed by atoms with E-state index in [2.05, 4.69) is 10.2 Å². The molecule has 0 radical (unpaired) electrons. The molecule has 1 aromatic heterocycles. The van der Waals surface area contributed by atoms with Gasteiger partial charge in [0.25, 0.3) is 0 Å². The highest BCUT2D eigenvalue weighted by Crippen LogP contribution is 2.33. The Morgan fingerprint density at radius 2 is 1.72 bits per heavy atom. The minimum Gasteiger partial charge on any atom is -0.347 e. The van der Waals surface area contributed by atoms with Crippen molar-refractivity contribution in [2.75, 3.05) is 32.1 Å². The predicted molar refractivity (Wildman–Crippen MR) is 142 cm³/mol. The second-order valence-electron chi connectivity index (χ2n) is 8.90. The number of thioether (sulfide) groups is 1. The van der Waals surface area contributed by atoms with Gasteiger partial charge in [-0.2, -0.15) is 0 Å². The zero-order chi connectivity index (χ0) is 25.0. The van der Waals surface area contributed by atoms with Gasteiger partial charge >= 0.3 is 0 Å². The van der Waals surface area contributed by atoms with Crippen molar-refractivity contribution >= 4 is 40.9 Å². The van der Waals surface area contributed by atoms with Crippen LogP contribution in [-0.4, -0.2) is 63.4 Å². The molecule has 10 heteroatoms. The van der Waals surface area contributed by atoms with Gasteiger partial charge in [0.2, 0.25) is 5.91 Å². The number of halogens is 2. The zero-order valence-electron chi connectivity index (χ0n) is 19.9. The standard InChI is InChI=1S/C26H28Cl2N4O3S/c27-21-10-9-20(18-22(21)28)32-24(19-6-2-1-3-7-19)29-30-25(32)36-17-5-4-8-23(33)31-13-11-26(12-14-31)34-15-16-35-26/h1-3,6-7,9-10,18H,4-5,8,11-17H2. The first kappa shape index (κ1) is 25.5. The van der Waals surface area contributed by atoms with Gasteiger partial charge in [-0.15, -0.1) is 10.2 Å². The third-order valence-corrected chi connectivity index (χ3v) is 8.29. The van der Waals surface area contributed by atoms with Crippen molar-refractivity contribution in [1.82, 2.24) is 19.7 Å². The van der Waals surface area contributed by atoms with Crippen molar-refractivity contribution < 1.29 is 14.3 Å². The molecule has 0 N–H and O–H groups in total. The summed E-state index contributed by atoms with van der Waals surface area (Å²) in [7, 11) is 0. The smallest absolute Gasteiger partial charge is 0.222 e. The van der Waals surface area contributed by atoms with E-state index in [4.69, 9.17) is 32.7 Å². The van der Waals surface area contributed by atoms with Crippen LogP contribution in [0.5, 0.6) is 0 Å². The van der Waals surface area contributed by atoms with E-state index in [1.165, 1.54) is 0 Å².